The van der Waals surface area contributed by atoms with Crippen molar-refractivity contribution < 1.29 is 14.6 Å². The van der Waals surface area contributed by atoms with Gasteiger partial charge in [0.2, 0.25) is 11.8 Å². The molecule has 20 heavy (non-hydrogen) atoms. The van der Waals surface area contributed by atoms with Gasteiger partial charge in [0.05, 0.1) is 0 Å². The molecule has 0 bridgehead atoms. The maximum absolute atomic E-state index is 11.2. The zero-order valence-electron chi connectivity index (χ0n) is 11.2. The van der Waals surface area contributed by atoms with Gasteiger partial charge in [-0.25, -0.2) is 4.98 Å². The van der Waals surface area contributed by atoms with Crippen LogP contribution in [0.15, 0.2) is 36.4 Å². The van der Waals surface area contributed by atoms with Gasteiger partial charge in [-0.2, -0.15) is 0 Å². The number of pyridine rings is 1. The van der Waals surface area contributed by atoms with Crippen LogP contribution in [0.4, 0.5) is 0 Å². The van der Waals surface area contributed by atoms with E-state index in [1.165, 1.54) is 6.07 Å². The standard InChI is InChI=1S/C15H16N2O3/c1-10-8-12(15(16)19)9-14(17-10)20-13-5-3-2-4-11(13)6-7-18/h2-5,8-9,18H,6-7H2,1H3,(H2,16,19). The van der Waals surface area contributed by atoms with E-state index in [4.69, 9.17) is 15.6 Å². The van der Waals surface area contributed by atoms with Gasteiger partial charge in [0.25, 0.3) is 0 Å². The van der Waals surface area contributed by atoms with E-state index in [0.29, 0.717) is 29.3 Å². The highest BCUT2D eigenvalue weighted by Gasteiger charge is 2.09. The highest BCUT2D eigenvalue weighted by Crippen LogP contribution is 2.25. The molecule has 1 amide bonds. The Bertz CT molecular complexity index is 626. The summed E-state index contributed by atoms with van der Waals surface area (Å²) in [5, 5.41) is 9.04. The number of hydrogen-bond donors (Lipinski definition) is 2. The first-order valence-electron chi connectivity index (χ1n) is 6.25. The van der Waals surface area contributed by atoms with Gasteiger partial charge in [0.15, 0.2) is 0 Å². The lowest BCUT2D eigenvalue weighted by Gasteiger charge is -2.10. The van der Waals surface area contributed by atoms with Crippen LogP contribution in [0.1, 0.15) is 21.6 Å². The van der Waals surface area contributed by atoms with Crippen LogP contribution < -0.4 is 10.5 Å². The van der Waals surface area contributed by atoms with E-state index >= 15 is 0 Å². The smallest absolute Gasteiger partial charge is 0.248 e. The molecule has 104 valence electrons. The van der Waals surface area contributed by atoms with Crippen molar-refractivity contribution in [3.8, 4) is 11.6 Å². The lowest BCUT2D eigenvalue weighted by Crippen LogP contribution is -2.11. The Balaban J connectivity index is 2.32. The predicted octanol–water partition coefficient (Wildman–Crippen LogP) is 1.82. The van der Waals surface area contributed by atoms with Crippen LogP contribution in [-0.4, -0.2) is 22.6 Å². The summed E-state index contributed by atoms with van der Waals surface area (Å²) in [5.41, 5.74) is 7.14. The van der Waals surface area contributed by atoms with Crippen LogP contribution in [0.3, 0.4) is 0 Å². The third-order valence-electron chi connectivity index (χ3n) is 2.78. The van der Waals surface area contributed by atoms with Crippen molar-refractivity contribution in [2.24, 2.45) is 5.73 Å². The average Bonchev–Trinajstić information content (AvgIpc) is 2.40. The van der Waals surface area contributed by atoms with Crippen LogP contribution in [-0.2, 0) is 6.42 Å². The number of ether oxygens (including phenoxy) is 1. The summed E-state index contributed by atoms with van der Waals surface area (Å²) in [6.45, 7) is 1.80. The van der Waals surface area contributed by atoms with Crippen LogP contribution in [0.2, 0.25) is 0 Å². The molecule has 5 nitrogen and oxygen atoms in total. The lowest BCUT2D eigenvalue weighted by atomic mass is 10.1. The maximum Gasteiger partial charge on any atom is 0.248 e. The van der Waals surface area contributed by atoms with Crippen molar-refractivity contribution in [1.29, 1.82) is 0 Å². The Morgan fingerprint density at radius 2 is 2.10 bits per heavy atom. The van der Waals surface area contributed by atoms with Crippen molar-refractivity contribution in [3.63, 3.8) is 0 Å². The molecule has 2 aromatic rings. The second-order valence-corrected chi connectivity index (χ2v) is 4.38. The van der Waals surface area contributed by atoms with Crippen molar-refractivity contribution in [2.45, 2.75) is 13.3 Å². The Labute approximate surface area is 117 Å². The Kier molecular flexibility index (Phi) is 4.32. The number of nitrogens with zero attached hydrogens (tertiary/aromatic N) is 1. The van der Waals surface area contributed by atoms with E-state index in [2.05, 4.69) is 4.98 Å². The third-order valence-corrected chi connectivity index (χ3v) is 2.78. The number of aliphatic hydroxyl groups excluding tert-OH is 1. The van der Waals surface area contributed by atoms with E-state index in [1.54, 1.807) is 19.1 Å². The summed E-state index contributed by atoms with van der Waals surface area (Å²) in [7, 11) is 0. The molecule has 0 atom stereocenters. The van der Waals surface area contributed by atoms with Gasteiger partial charge in [-0.05, 0) is 31.0 Å². The number of nitrogens with two attached hydrogens (primary N) is 1. The molecule has 5 heteroatoms. The number of carbonyl (C=O) groups is 1. The summed E-state index contributed by atoms with van der Waals surface area (Å²) in [4.78, 5) is 15.5. The normalized spacial score (nSPS) is 10.3. The molecule has 3 N–H and O–H groups in total. The molecule has 1 aromatic carbocycles. The summed E-state index contributed by atoms with van der Waals surface area (Å²) < 4.78 is 5.70. The Morgan fingerprint density at radius 1 is 1.35 bits per heavy atom. The summed E-state index contributed by atoms with van der Waals surface area (Å²) in [6, 6.07) is 10.5. The van der Waals surface area contributed by atoms with Crippen molar-refractivity contribution in [2.75, 3.05) is 6.61 Å². The van der Waals surface area contributed by atoms with Crippen LogP contribution in [0.25, 0.3) is 0 Å². The van der Waals surface area contributed by atoms with Crippen molar-refractivity contribution in [3.05, 3.63) is 53.2 Å². The summed E-state index contributed by atoms with van der Waals surface area (Å²) in [6.07, 6.45) is 0.491. The van der Waals surface area contributed by atoms with Gasteiger partial charge in [0.1, 0.15) is 5.75 Å². The number of aliphatic hydroxyl groups is 1. The minimum atomic E-state index is -0.524. The van der Waals surface area contributed by atoms with E-state index in [0.717, 1.165) is 5.56 Å². The first-order chi connectivity index (χ1) is 9.60. The first kappa shape index (κ1) is 14.0. The van der Waals surface area contributed by atoms with Gasteiger partial charge in [-0.3, -0.25) is 4.79 Å². The molecule has 0 saturated carbocycles. The number of rotatable bonds is 5. The van der Waals surface area contributed by atoms with Gasteiger partial charge in [0, 0.05) is 23.9 Å². The molecule has 0 fully saturated rings. The van der Waals surface area contributed by atoms with E-state index in [1.807, 2.05) is 18.2 Å². The molecule has 1 aromatic heterocycles. The summed E-state index contributed by atoms with van der Waals surface area (Å²) in [5.74, 6) is 0.392. The highest BCUT2D eigenvalue weighted by atomic mass is 16.5. The number of amides is 1. The molecule has 0 unspecified atom stereocenters. The number of hydrogen-bond acceptors (Lipinski definition) is 4. The highest BCUT2D eigenvalue weighted by molar-refractivity contribution is 5.93. The summed E-state index contributed by atoms with van der Waals surface area (Å²) >= 11 is 0. The second kappa shape index (κ2) is 6.16. The van der Waals surface area contributed by atoms with Gasteiger partial charge in [-0.15, -0.1) is 0 Å². The molecule has 0 aliphatic heterocycles. The Morgan fingerprint density at radius 3 is 2.80 bits per heavy atom. The van der Waals surface area contributed by atoms with Crippen LogP contribution in [0, 0.1) is 6.92 Å². The van der Waals surface area contributed by atoms with E-state index < -0.39 is 5.91 Å². The van der Waals surface area contributed by atoms with E-state index in [-0.39, 0.29) is 6.61 Å². The molecule has 0 radical (unpaired) electrons. The zero-order valence-corrected chi connectivity index (χ0v) is 11.2. The minimum absolute atomic E-state index is 0.0359. The second-order valence-electron chi connectivity index (χ2n) is 4.38. The molecule has 0 spiro atoms. The monoisotopic (exact) mass is 272 g/mol. The molecule has 1 heterocycles. The molecule has 0 aliphatic carbocycles. The zero-order chi connectivity index (χ0) is 14.5. The fraction of sp³-hybridized carbons (Fsp3) is 0.200. The maximum atomic E-state index is 11.2. The number of carbonyl (C=O) groups excluding carboxylic acids is 1. The Hall–Kier alpha value is -2.40. The van der Waals surface area contributed by atoms with E-state index in [9.17, 15) is 4.79 Å². The number of aryl methyl sites for hydroxylation is 1. The fourth-order valence-electron chi connectivity index (χ4n) is 1.88. The van der Waals surface area contributed by atoms with Crippen LogP contribution in [0.5, 0.6) is 11.6 Å². The topological polar surface area (TPSA) is 85.4 Å². The number of benzene rings is 1. The molecule has 2 rings (SSSR count). The minimum Gasteiger partial charge on any atom is -0.439 e. The average molecular weight is 272 g/mol. The first-order valence-corrected chi connectivity index (χ1v) is 6.25. The number of aromatic nitrogens is 1. The van der Waals surface area contributed by atoms with Gasteiger partial charge >= 0.3 is 0 Å². The molecule has 0 aliphatic rings. The van der Waals surface area contributed by atoms with Crippen molar-refractivity contribution >= 4 is 5.91 Å². The lowest BCUT2D eigenvalue weighted by molar-refractivity contribution is 0.0999. The largest absolute Gasteiger partial charge is 0.439 e. The molecule has 0 saturated heterocycles. The van der Waals surface area contributed by atoms with Crippen LogP contribution >= 0.6 is 0 Å². The number of primary amides is 1. The molecular formula is C15H16N2O3. The number of para-hydroxylation sites is 1. The quantitative estimate of drug-likeness (QED) is 0.869. The molecular weight excluding hydrogens is 256 g/mol. The fourth-order valence-corrected chi connectivity index (χ4v) is 1.88. The van der Waals surface area contributed by atoms with Gasteiger partial charge < -0.3 is 15.6 Å². The third kappa shape index (κ3) is 3.33. The van der Waals surface area contributed by atoms with Crippen molar-refractivity contribution in [1.82, 2.24) is 4.98 Å². The van der Waals surface area contributed by atoms with Gasteiger partial charge in [-0.1, -0.05) is 18.2 Å². The predicted molar refractivity (Wildman–Crippen MR) is 74.8 cm³/mol. The SMILES string of the molecule is Cc1cc(C(N)=O)cc(Oc2ccccc2CCO)n1.